The Morgan fingerprint density at radius 1 is 1.11 bits per heavy atom. The molecule has 7 heteroatoms. The summed E-state index contributed by atoms with van der Waals surface area (Å²) in [6, 6.07) is 13.0. The molecule has 1 heterocycles. The normalized spacial score (nSPS) is 18.9. The van der Waals surface area contributed by atoms with E-state index in [0.717, 1.165) is 23.2 Å². The van der Waals surface area contributed by atoms with Crippen LogP contribution in [0.3, 0.4) is 0 Å². The van der Waals surface area contributed by atoms with Gasteiger partial charge in [0.25, 0.3) is 0 Å². The molecular formula is C29H32ClNO5. The predicted octanol–water partition coefficient (Wildman–Crippen LogP) is 6.09. The zero-order chi connectivity index (χ0) is 26.0. The first-order valence-electron chi connectivity index (χ1n) is 12.1. The molecule has 0 radical (unpaired) electrons. The van der Waals surface area contributed by atoms with Crippen LogP contribution in [0.25, 0.3) is 0 Å². The molecule has 1 aliphatic heterocycles. The van der Waals surface area contributed by atoms with Crippen LogP contribution in [-0.4, -0.2) is 25.5 Å². The molecule has 0 saturated carbocycles. The molecule has 2 aromatic rings. The van der Waals surface area contributed by atoms with E-state index in [4.69, 9.17) is 25.8 Å². The lowest BCUT2D eigenvalue weighted by molar-refractivity contribution is -0.138. The van der Waals surface area contributed by atoms with Crippen LogP contribution in [0.5, 0.6) is 11.5 Å². The molecule has 190 valence electrons. The van der Waals surface area contributed by atoms with Gasteiger partial charge in [0.05, 0.1) is 19.3 Å². The highest BCUT2D eigenvalue weighted by Crippen LogP contribution is 2.48. The van der Waals surface area contributed by atoms with Crippen LogP contribution in [0.15, 0.2) is 65.0 Å². The largest absolute Gasteiger partial charge is 0.493 e. The number of Topliss-reactive ketones (excluding diaryl/α,β-unsaturated/α-hetero) is 1. The minimum Gasteiger partial charge on any atom is -0.493 e. The molecule has 0 saturated heterocycles. The molecule has 0 unspecified atom stereocenters. The van der Waals surface area contributed by atoms with E-state index in [1.807, 2.05) is 49.4 Å². The van der Waals surface area contributed by atoms with Crippen LogP contribution in [0.1, 0.15) is 57.6 Å². The Labute approximate surface area is 217 Å². The number of carbonyl (C=O) groups excluding carboxylic acids is 2. The first-order chi connectivity index (χ1) is 17.1. The first kappa shape index (κ1) is 25.8. The molecule has 4 rings (SSSR count). The second kappa shape index (κ2) is 10.4. The number of rotatable bonds is 7. The number of halogens is 1. The Bertz CT molecular complexity index is 1240. The third-order valence-electron chi connectivity index (χ3n) is 6.56. The van der Waals surface area contributed by atoms with Gasteiger partial charge in [-0.15, -0.1) is 0 Å². The van der Waals surface area contributed by atoms with Crippen LogP contribution in [0.4, 0.5) is 0 Å². The molecule has 0 spiro atoms. The van der Waals surface area contributed by atoms with Crippen LogP contribution in [0.2, 0.25) is 5.02 Å². The number of hydrogen-bond acceptors (Lipinski definition) is 6. The lowest BCUT2D eigenvalue weighted by atomic mass is 9.68. The number of carbonyl (C=O) groups is 2. The standard InChI is InChI=1S/C29H32ClNO5/c1-6-35-28(33)25-17(2)31-21-14-29(3,4)15-22(32)27(21)26(25)19-9-12-23(24(13-19)34-5)36-16-18-7-10-20(30)11-8-18/h7-13,26,31H,6,14-16H2,1-5H3/t26-/m1/s1. The van der Waals surface area contributed by atoms with Gasteiger partial charge in [-0.05, 0) is 61.1 Å². The monoisotopic (exact) mass is 509 g/mol. The smallest absolute Gasteiger partial charge is 0.336 e. The first-order valence-corrected chi connectivity index (χ1v) is 12.5. The van der Waals surface area contributed by atoms with E-state index in [1.54, 1.807) is 14.0 Å². The molecule has 2 aliphatic rings. The molecule has 0 bridgehead atoms. The zero-order valence-corrected chi connectivity index (χ0v) is 22.1. The van der Waals surface area contributed by atoms with Crippen LogP contribution in [-0.2, 0) is 20.9 Å². The van der Waals surface area contributed by atoms with Crippen molar-refractivity contribution in [1.29, 1.82) is 0 Å². The van der Waals surface area contributed by atoms with Gasteiger partial charge in [-0.2, -0.15) is 0 Å². The number of esters is 1. The third-order valence-corrected chi connectivity index (χ3v) is 6.82. The van der Waals surface area contributed by atoms with E-state index in [2.05, 4.69) is 19.2 Å². The van der Waals surface area contributed by atoms with Crippen molar-refractivity contribution >= 4 is 23.4 Å². The minimum atomic E-state index is -0.553. The molecule has 0 amide bonds. The van der Waals surface area contributed by atoms with Gasteiger partial charge in [-0.1, -0.05) is 43.6 Å². The highest BCUT2D eigenvalue weighted by Gasteiger charge is 2.43. The molecule has 6 nitrogen and oxygen atoms in total. The zero-order valence-electron chi connectivity index (χ0n) is 21.4. The summed E-state index contributed by atoms with van der Waals surface area (Å²) in [4.78, 5) is 26.5. The maximum atomic E-state index is 13.4. The summed E-state index contributed by atoms with van der Waals surface area (Å²) in [6.07, 6.45) is 1.13. The van der Waals surface area contributed by atoms with Crippen LogP contribution < -0.4 is 14.8 Å². The van der Waals surface area contributed by atoms with E-state index >= 15 is 0 Å². The quantitative estimate of drug-likeness (QED) is 0.455. The molecule has 2 aromatic carbocycles. The van der Waals surface area contributed by atoms with Crippen LogP contribution >= 0.6 is 11.6 Å². The van der Waals surface area contributed by atoms with Crippen LogP contribution in [0, 0.1) is 5.41 Å². The van der Waals surface area contributed by atoms with E-state index in [-0.39, 0.29) is 17.8 Å². The molecule has 0 aromatic heterocycles. The van der Waals surface area contributed by atoms with Gasteiger partial charge in [-0.25, -0.2) is 4.79 Å². The Morgan fingerprint density at radius 2 is 1.83 bits per heavy atom. The maximum Gasteiger partial charge on any atom is 0.336 e. The summed E-state index contributed by atoms with van der Waals surface area (Å²) in [5.41, 5.74) is 4.22. The number of benzene rings is 2. The molecule has 1 aliphatic carbocycles. The molecule has 0 fully saturated rings. The third kappa shape index (κ3) is 5.29. The summed E-state index contributed by atoms with van der Waals surface area (Å²) >= 11 is 5.98. The Morgan fingerprint density at radius 3 is 2.50 bits per heavy atom. The highest BCUT2D eigenvalue weighted by molar-refractivity contribution is 6.30. The van der Waals surface area contributed by atoms with Gasteiger partial charge in [0.1, 0.15) is 6.61 Å². The molecule has 1 N–H and O–H groups in total. The van der Waals surface area contributed by atoms with Crippen molar-refractivity contribution in [3.8, 4) is 11.5 Å². The van der Waals surface area contributed by atoms with Gasteiger partial charge >= 0.3 is 5.97 Å². The fraction of sp³-hybridized carbons (Fsp3) is 0.379. The summed E-state index contributed by atoms with van der Waals surface area (Å²) in [6.45, 7) is 8.39. The number of ketones is 1. The highest BCUT2D eigenvalue weighted by atomic mass is 35.5. The fourth-order valence-electron chi connectivity index (χ4n) is 4.97. The van der Waals surface area contributed by atoms with Gasteiger partial charge < -0.3 is 19.5 Å². The Balaban J connectivity index is 1.73. The number of ether oxygens (including phenoxy) is 3. The summed E-state index contributed by atoms with van der Waals surface area (Å²) in [7, 11) is 1.57. The number of nitrogens with one attached hydrogen (secondary N) is 1. The second-order valence-electron chi connectivity index (χ2n) is 9.98. The van der Waals surface area contributed by atoms with Crippen molar-refractivity contribution in [2.45, 2.75) is 53.1 Å². The predicted molar refractivity (Wildman–Crippen MR) is 139 cm³/mol. The number of hydrogen-bond donors (Lipinski definition) is 1. The molecule has 36 heavy (non-hydrogen) atoms. The van der Waals surface area contributed by atoms with Crippen molar-refractivity contribution in [2.75, 3.05) is 13.7 Å². The molecular weight excluding hydrogens is 478 g/mol. The van der Waals surface area contributed by atoms with Gasteiger partial charge in [-0.3, -0.25) is 4.79 Å². The average molecular weight is 510 g/mol. The van der Waals surface area contributed by atoms with E-state index in [0.29, 0.717) is 46.4 Å². The average Bonchev–Trinajstić information content (AvgIpc) is 2.82. The van der Waals surface area contributed by atoms with Crippen molar-refractivity contribution in [3.05, 3.63) is 81.2 Å². The molecule has 1 atom stereocenters. The maximum absolute atomic E-state index is 13.4. The Hall–Kier alpha value is -3.25. The van der Waals surface area contributed by atoms with Crippen molar-refractivity contribution < 1.29 is 23.8 Å². The number of dihydropyridines is 1. The van der Waals surface area contributed by atoms with E-state index < -0.39 is 11.9 Å². The lowest BCUT2D eigenvalue weighted by Gasteiger charge is -2.39. The summed E-state index contributed by atoms with van der Waals surface area (Å²) in [5.74, 6) is 0.136. The van der Waals surface area contributed by atoms with E-state index in [9.17, 15) is 9.59 Å². The summed E-state index contributed by atoms with van der Waals surface area (Å²) in [5, 5.41) is 4.01. The fourth-order valence-corrected chi connectivity index (χ4v) is 5.10. The Kier molecular flexibility index (Phi) is 7.46. The topological polar surface area (TPSA) is 73.9 Å². The summed E-state index contributed by atoms with van der Waals surface area (Å²) < 4.78 is 17.1. The van der Waals surface area contributed by atoms with Crippen molar-refractivity contribution in [2.24, 2.45) is 5.41 Å². The number of allylic oxidation sites excluding steroid dienone is 3. The van der Waals surface area contributed by atoms with E-state index in [1.165, 1.54) is 0 Å². The SMILES string of the molecule is CCOC(=O)C1=C(C)NC2=C(C(=O)CC(C)(C)C2)[C@@H]1c1ccc(OCc2ccc(Cl)cc2)c(OC)c1. The minimum absolute atomic E-state index is 0.0371. The number of methoxy groups -OCH3 is 1. The van der Waals surface area contributed by atoms with Gasteiger partial charge in [0.15, 0.2) is 17.3 Å². The van der Waals surface area contributed by atoms with Gasteiger partial charge in [0, 0.05) is 34.3 Å². The van der Waals surface area contributed by atoms with Gasteiger partial charge in [0.2, 0.25) is 0 Å². The van der Waals surface area contributed by atoms with Crippen molar-refractivity contribution in [3.63, 3.8) is 0 Å². The second-order valence-corrected chi connectivity index (χ2v) is 10.4. The van der Waals surface area contributed by atoms with Crippen molar-refractivity contribution in [1.82, 2.24) is 5.32 Å². The lowest BCUT2D eigenvalue weighted by Crippen LogP contribution is -2.38.